The van der Waals surface area contributed by atoms with E-state index in [9.17, 15) is 4.39 Å². The van der Waals surface area contributed by atoms with Gasteiger partial charge in [0.15, 0.2) is 11.6 Å². The van der Waals surface area contributed by atoms with E-state index in [0.717, 1.165) is 6.20 Å². The van der Waals surface area contributed by atoms with Gasteiger partial charge in [-0.1, -0.05) is 29.3 Å². The molecule has 0 aliphatic carbocycles. The van der Waals surface area contributed by atoms with Crippen LogP contribution in [-0.2, 0) is 0 Å². The highest BCUT2D eigenvalue weighted by atomic mass is 35.5. The summed E-state index contributed by atoms with van der Waals surface area (Å²) in [5.74, 6) is -0.249. The van der Waals surface area contributed by atoms with Gasteiger partial charge in [0.05, 0.1) is 21.9 Å². The molecule has 1 heterocycles. The molecule has 0 spiro atoms. The van der Waals surface area contributed by atoms with Gasteiger partial charge >= 0.3 is 0 Å². The van der Waals surface area contributed by atoms with Crippen molar-refractivity contribution >= 4 is 40.7 Å². The molecule has 4 nitrogen and oxygen atoms in total. The van der Waals surface area contributed by atoms with Crippen molar-refractivity contribution in [3.8, 4) is 0 Å². The van der Waals surface area contributed by atoms with Gasteiger partial charge in [-0.15, -0.1) is 0 Å². The van der Waals surface area contributed by atoms with Crippen molar-refractivity contribution in [3.63, 3.8) is 0 Å². The minimum absolute atomic E-state index is 0.0264. The number of nitrogens with one attached hydrogen (secondary N) is 2. The van der Waals surface area contributed by atoms with E-state index >= 15 is 0 Å². The fraction of sp³-hybridized carbons (Fsp3) is 0.0909. The van der Waals surface area contributed by atoms with Crippen LogP contribution in [0.1, 0.15) is 0 Å². The van der Waals surface area contributed by atoms with Crippen molar-refractivity contribution < 1.29 is 4.39 Å². The summed E-state index contributed by atoms with van der Waals surface area (Å²) in [5.41, 5.74) is 0.476. The van der Waals surface area contributed by atoms with Gasteiger partial charge in [0, 0.05) is 7.05 Å². The van der Waals surface area contributed by atoms with Crippen LogP contribution in [0.15, 0.2) is 24.4 Å². The lowest BCUT2D eigenvalue weighted by atomic mass is 10.3. The van der Waals surface area contributed by atoms with E-state index in [1.54, 1.807) is 25.2 Å². The zero-order valence-corrected chi connectivity index (χ0v) is 10.8. The van der Waals surface area contributed by atoms with Crippen molar-refractivity contribution in [3.05, 3.63) is 40.3 Å². The van der Waals surface area contributed by atoms with Crippen molar-refractivity contribution in [1.82, 2.24) is 9.97 Å². The molecule has 2 N–H and O–H groups in total. The first-order valence-electron chi connectivity index (χ1n) is 5.03. The van der Waals surface area contributed by atoms with Crippen molar-refractivity contribution in [1.29, 1.82) is 0 Å². The molecule has 0 atom stereocenters. The predicted molar refractivity (Wildman–Crippen MR) is 71.3 cm³/mol. The smallest absolute Gasteiger partial charge is 0.224 e. The first-order valence-corrected chi connectivity index (χ1v) is 5.78. The molecule has 0 fully saturated rings. The number of hydrogen-bond acceptors (Lipinski definition) is 4. The maximum Gasteiger partial charge on any atom is 0.224 e. The molecule has 0 amide bonds. The summed E-state index contributed by atoms with van der Waals surface area (Å²) in [5, 5.41) is 6.18. The van der Waals surface area contributed by atoms with Crippen molar-refractivity contribution in [2.75, 3.05) is 17.7 Å². The molecule has 2 aromatic rings. The van der Waals surface area contributed by atoms with Crippen LogP contribution in [0, 0.1) is 5.82 Å². The lowest BCUT2D eigenvalue weighted by Crippen LogP contribution is -2.03. The summed E-state index contributed by atoms with van der Waals surface area (Å²) in [7, 11) is 1.64. The average molecular weight is 287 g/mol. The van der Waals surface area contributed by atoms with Crippen LogP contribution >= 0.6 is 23.2 Å². The van der Waals surface area contributed by atoms with E-state index in [0.29, 0.717) is 21.7 Å². The largest absolute Gasteiger partial charge is 0.357 e. The Kier molecular flexibility index (Phi) is 3.84. The first kappa shape index (κ1) is 12.9. The Hall–Kier alpha value is -1.59. The lowest BCUT2D eigenvalue weighted by molar-refractivity contribution is 0.619. The van der Waals surface area contributed by atoms with Crippen molar-refractivity contribution in [2.24, 2.45) is 0 Å². The van der Waals surface area contributed by atoms with Crippen molar-refractivity contribution in [2.45, 2.75) is 0 Å². The maximum atomic E-state index is 13.5. The van der Waals surface area contributed by atoms with Crippen LogP contribution in [0.5, 0.6) is 0 Å². The fourth-order valence-corrected chi connectivity index (χ4v) is 1.65. The summed E-state index contributed by atoms with van der Waals surface area (Å²) in [4.78, 5) is 7.69. The predicted octanol–water partition coefficient (Wildman–Crippen LogP) is 3.71. The molecule has 18 heavy (non-hydrogen) atoms. The minimum atomic E-state index is -0.579. The molecule has 0 aliphatic rings. The Morgan fingerprint density at radius 2 is 2.06 bits per heavy atom. The normalized spacial score (nSPS) is 10.2. The van der Waals surface area contributed by atoms with Gasteiger partial charge in [0.1, 0.15) is 0 Å². The monoisotopic (exact) mass is 286 g/mol. The highest BCUT2D eigenvalue weighted by Gasteiger charge is 2.10. The molecular weight excluding hydrogens is 278 g/mol. The number of nitrogens with zero attached hydrogens (tertiary/aromatic N) is 2. The van der Waals surface area contributed by atoms with Gasteiger partial charge in [0.2, 0.25) is 5.95 Å². The average Bonchev–Trinajstić information content (AvgIpc) is 2.37. The summed E-state index contributed by atoms with van der Waals surface area (Å²) < 4.78 is 13.5. The standard InChI is InChI=1S/C11H9Cl2FN4/c1-15-11-16-5-7(14)10(18-11)17-8-4-2-3-6(12)9(8)13/h2-5H,1H3,(H2,15,16,17,18). The van der Waals surface area contributed by atoms with Crippen LogP contribution in [0.3, 0.4) is 0 Å². The molecule has 2 rings (SSSR count). The number of aromatic nitrogens is 2. The van der Waals surface area contributed by atoms with E-state index in [2.05, 4.69) is 20.6 Å². The second-order valence-electron chi connectivity index (χ2n) is 3.37. The molecule has 94 valence electrons. The number of benzene rings is 1. The van der Waals surface area contributed by atoms with Gasteiger partial charge in [0.25, 0.3) is 0 Å². The van der Waals surface area contributed by atoms with Crippen LogP contribution < -0.4 is 10.6 Å². The molecular formula is C11H9Cl2FN4. The van der Waals surface area contributed by atoms with Crippen LogP contribution in [0.2, 0.25) is 10.0 Å². The SMILES string of the molecule is CNc1ncc(F)c(Nc2cccc(Cl)c2Cl)n1. The number of rotatable bonds is 3. The first-order chi connectivity index (χ1) is 8.61. The number of halogens is 3. The Labute approximate surface area is 113 Å². The highest BCUT2D eigenvalue weighted by molar-refractivity contribution is 6.43. The van der Waals surface area contributed by atoms with E-state index in [4.69, 9.17) is 23.2 Å². The van der Waals surface area contributed by atoms with Gasteiger partial charge in [-0.3, -0.25) is 0 Å². The van der Waals surface area contributed by atoms with Gasteiger partial charge in [-0.25, -0.2) is 9.37 Å². The van der Waals surface area contributed by atoms with E-state index in [-0.39, 0.29) is 5.82 Å². The summed E-state index contributed by atoms with van der Waals surface area (Å²) in [6, 6.07) is 5.02. The van der Waals surface area contributed by atoms with Crippen LogP contribution in [-0.4, -0.2) is 17.0 Å². The van der Waals surface area contributed by atoms with E-state index in [1.165, 1.54) is 0 Å². The number of hydrogen-bond donors (Lipinski definition) is 2. The molecule has 0 saturated carbocycles. The van der Waals surface area contributed by atoms with E-state index < -0.39 is 5.82 Å². The second kappa shape index (κ2) is 5.37. The third-order valence-electron chi connectivity index (χ3n) is 2.17. The Bertz CT molecular complexity index is 577. The highest BCUT2D eigenvalue weighted by Crippen LogP contribution is 2.31. The molecule has 7 heteroatoms. The zero-order chi connectivity index (χ0) is 13.1. The van der Waals surface area contributed by atoms with Crippen LogP contribution in [0.4, 0.5) is 21.8 Å². The third kappa shape index (κ3) is 2.63. The summed E-state index contributed by atoms with van der Waals surface area (Å²) in [6.07, 6.45) is 1.07. The lowest BCUT2D eigenvalue weighted by Gasteiger charge is -2.10. The molecule has 0 unspecified atom stereocenters. The Morgan fingerprint density at radius 3 is 2.78 bits per heavy atom. The van der Waals surface area contributed by atoms with E-state index in [1.807, 2.05) is 0 Å². The third-order valence-corrected chi connectivity index (χ3v) is 2.99. The van der Waals surface area contributed by atoms with Gasteiger partial charge in [-0.2, -0.15) is 4.98 Å². The second-order valence-corrected chi connectivity index (χ2v) is 4.15. The molecule has 1 aromatic carbocycles. The molecule has 1 aromatic heterocycles. The fourth-order valence-electron chi connectivity index (χ4n) is 1.30. The quantitative estimate of drug-likeness (QED) is 0.903. The maximum absolute atomic E-state index is 13.5. The minimum Gasteiger partial charge on any atom is -0.357 e. The Balaban J connectivity index is 2.36. The van der Waals surface area contributed by atoms with Gasteiger partial charge in [-0.05, 0) is 12.1 Å². The molecule has 0 saturated heterocycles. The summed E-state index contributed by atoms with van der Waals surface area (Å²) in [6.45, 7) is 0. The topological polar surface area (TPSA) is 49.8 Å². The molecule has 0 radical (unpaired) electrons. The Morgan fingerprint density at radius 1 is 1.28 bits per heavy atom. The van der Waals surface area contributed by atoms with Gasteiger partial charge < -0.3 is 10.6 Å². The molecule has 0 bridgehead atoms. The molecule has 0 aliphatic heterocycles. The zero-order valence-electron chi connectivity index (χ0n) is 9.34. The number of anilines is 3. The summed E-state index contributed by atoms with van der Waals surface area (Å²) >= 11 is 11.9. The van der Waals surface area contributed by atoms with Crippen LogP contribution in [0.25, 0.3) is 0 Å².